The summed E-state index contributed by atoms with van der Waals surface area (Å²) in [5.74, 6) is -0.741. The van der Waals surface area contributed by atoms with Gasteiger partial charge in [0.15, 0.2) is 5.78 Å². The molecule has 0 bridgehead atoms. The Morgan fingerprint density at radius 1 is 1.00 bits per heavy atom. The molecule has 4 nitrogen and oxygen atoms in total. The number of carbonyl (C=O) groups is 3. The van der Waals surface area contributed by atoms with Gasteiger partial charge < -0.3 is 0 Å². The minimum absolute atomic E-state index is 0.0810. The second kappa shape index (κ2) is 3.75. The predicted molar refractivity (Wildman–Crippen MR) is 70.4 cm³/mol. The van der Waals surface area contributed by atoms with Crippen molar-refractivity contribution in [2.45, 2.75) is 6.92 Å². The Morgan fingerprint density at radius 3 is 2.26 bits per heavy atom. The number of hydrogen-bond acceptors (Lipinski definition) is 3. The third kappa shape index (κ3) is 1.43. The molecule has 0 saturated carbocycles. The Hall–Kier alpha value is -2.49. The van der Waals surface area contributed by atoms with E-state index in [0.29, 0.717) is 27.5 Å². The maximum atomic E-state index is 12.1. The summed E-state index contributed by atoms with van der Waals surface area (Å²) in [7, 11) is 1.46. The summed E-state index contributed by atoms with van der Waals surface area (Å²) in [5, 5.41) is 1.25. The molecule has 2 aromatic rings. The van der Waals surface area contributed by atoms with Crippen LogP contribution >= 0.6 is 0 Å². The van der Waals surface area contributed by atoms with Crippen LogP contribution in [0.1, 0.15) is 38.0 Å². The second-order valence-corrected chi connectivity index (χ2v) is 4.61. The molecule has 4 heteroatoms. The number of hydrogen-bond donors (Lipinski definition) is 0. The van der Waals surface area contributed by atoms with E-state index in [0.717, 1.165) is 4.90 Å². The second-order valence-electron chi connectivity index (χ2n) is 4.61. The first-order valence-corrected chi connectivity index (χ1v) is 5.91. The molecule has 0 radical (unpaired) electrons. The van der Waals surface area contributed by atoms with Crippen LogP contribution in [0.25, 0.3) is 10.8 Å². The molecule has 1 aliphatic heterocycles. The van der Waals surface area contributed by atoms with Gasteiger partial charge in [-0.2, -0.15) is 0 Å². The van der Waals surface area contributed by atoms with E-state index in [2.05, 4.69) is 0 Å². The summed E-state index contributed by atoms with van der Waals surface area (Å²) >= 11 is 0. The van der Waals surface area contributed by atoms with Gasteiger partial charge in [-0.15, -0.1) is 0 Å². The first-order chi connectivity index (χ1) is 9.02. The third-order valence-electron chi connectivity index (χ3n) is 3.49. The lowest BCUT2D eigenvalue weighted by atomic mass is 9.90. The number of nitrogens with zero attached hydrogens (tertiary/aromatic N) is 1. The average molecular weight is 253 g/mol. The van der Waals surface area contributed by atoms with Crippen LogP contribution in [0.15, 0.2) is 30.3 Å². The molecule has 0 unspecified atom stereocenters. The van der Waals surface area contributed by atoms with Crippen molar-refractivity contribution in [1.29, 1.82) is 0 Å². The van der Waals surface area contributed by atoms with Gasteiger partial charge in [0.1, 0.15) is 0 Å². The number of imide groups is 1. The van der Waals surface area contributed by atoms with E-state index in [-0.39, 0.29) is 17.6 Å². The monoisotopic (exact) mass is 253 g/mol. The van der Waals surface area contributed by atoms with E-state index in [1.165, 1.54) is 14.0 Å². The summed E-state index contributed by atoms with van der Waals surface area (Å²) in [6, 6.07) is 8.44. The van der Waals surface area contributed by atoms with Gasteiger partial charge in [-0.1, -0.05) is 12.1 Å². The maximum absolute atomic E-state index is 12.1. The summed E-state index contributed by atoms with van der Waals surface area (Å²) in [6.07, 6.45) is 0. The van der Waals surface area contributed by atoms with E-state index < -0.39 is 0 Å². The Bertz CT molecular complexity index is 739. The van der Waals surface area contributed by atoms with E-state index in [9.17, 15) is 14.4 Å². The Balaban J connectivity index is 2.51. The molecule has 0 saturated heterocycles. The van der Waals surface area contributed by atoms with Gasteiger partial charge in [0.2, 0.25) is 0 Å². The van der Waals surface area contributed by atoms with Gasteiger partial charge in [-0.25, -0.2) is 0 Å². The third-order valence-corrected chi connectivity index (χ3v) is 3.49. The molecular weight excluding hydrogens is 242 g/mol. The number of Topliss-reactive ketones (excluding diaryl/α,β-unsaturated/α-hetero) is 1. The van der Waals surface area contributed by atoms with Crippen molar-refractivity contribution in [2.75, 3.05) is 7.05 Å². The Morgan fingerprint density at radius 2 is 1.63 bits per heavy atom. The van der Waals surface area contributed by atoms with Gasteiger partial charge in [0.05, 0.1) is 0 Å². The van der Waals surface area contributed by atoms with Crippen LogP contribution in [-0.2, 0) is 0 Å². The van der Waals surface area contributed by atoms with Crippen LogP contribution in [0.5, 0.6) is 0 Å². The minimum Gasteiger partial charge on any atom is -0.294 e. The van der Waals surface area contributed by atoms with Crippen LogP contribution in [0, 0.1) is 0 Å². The van der Waals surface area contributed by atoms with E-state index in [1.54, 1.807) is 30.3 Å². The highest BCUT2D eigenvalue weighted by Gasteiger charge is 2.30. The highest BCUT2D eigenvalue weighted by molar-refractivity contribution is 6.27. The molecule has 94 valence electrons. The number of rotatable bonds is 1. The number of carbonyl (C=O) groups excluding carboxylic acids is 3. The predicted octanol–water partition coefficient (Wildman–Crippen LogP) is 2.27. The molecule has 0 spiro atoms. The molecule has 0 N–H and O–H groups in total. The highest BCUT2D eigenvalue weighted by Crippen LogP contribution is 2.31. The number of benzene rings is 2. The van der Waals surface area contributed by atoms with Crippen LogP contribution in [0.2, 0.25) is 0 Å². The molecule has 2 amide bonds. The highest BCUT2D eigenvalue weighted by atomic mass is 16.2. The van der Waals surface area contributed by atoms with Crippen molar-refractivity contribution in [3.8, 4) is 0 Å². The van der Waals surface area contributed by atoms with Crippen LogP contribution < -0.4 is 0 Å². The first-order valence-electron chi connectivity index (χ1n) is 5.91. The fraction of sp³-hybridized carbons (Fsp3) is 0.133. The zero-order valence-electron chi connectivity index (χ0n) is 10.6. The Kier molecular flexibility index (Phi) is 2.29. The molecule has 19 heavy (non-hydrogen) atoms. The van der Waals surface area contributed by atoms with Gasteiger partial charge in [-0.05, 0) is 30.5 Å². The summed E-state index contributed by atoms with van der Waals surface area (Å²) in [4.78, 5) is 37.0. The van der Waals surface area contributed by atoms with Crippen molar-refractivity contribution in [1.82, 2.24) is 4.90 Å². The molecule has 0 aliphatic carbocycles. The van der Waals surface area contributed by atoms with Crippen LogP contribution in [0.3, 0.4) is 0 Å². The fourth-order valence-corrected chi connectivity index (χ4v) is 2.52. The summed E-state index contributed by atoms with van der Waals surface area (Å²) in [5.41, 5.74) is 1.47. The Labute approximate surface area is 109 Å². The maximum Gasteiger partial charge on any atom is 0.261 e. The van der Waals surface area contributed by atoms with Crippen molar-refractivity contribution in [3.05, 3.63) is 47.0 Å². The molecule has 1 aliphatic rings. The average Bonchev–Trinajstić information content (AvgIpc) is 2.41. The van der Waals surface area contributed by atoms with Crippen LogP contribution in [0.4, 0.5) is 0 Å². The van der Waals surface area contributed by atoms with Crippen LogP contribution in [-0.4, -0.2) is 29.5 Å². The van der Waals surface area contributed by atoms with E-state index >= 15 is 0 Å². The lowest BCUT2D eigenvalue weighted by molar-refractivity contribution is 0.0650. The molecule has 3 rings (SSSR count). The lowest BCUT2D eigenvalue weighted by Crippen LogP contribution is -2.37. The largest absolute Gasteiger partial charge is 0.294 e. The zero-order chi connectivity index (χ0) is 13.7. The lowest BCUT2D eigenvalue weighted by Gasteiger charge is -2.24. The fourth-order valence-electron chi connectivity index (χ4n) is 2.52. The molecule has 1 heterocycles. The molecule has 0 fully saturated rings. The normalized spacial score (nSPS) is 14.1. The quantitative estimate of drug-likeness (QED) is 0.578. The van der Waals surface area contributed by atoms with E-state index in [1.807, 2.05) is 0 Å². The minimum atomic E-state index is -0.330. The number of ketones is 1. The van der Waals surface area contributed by atoms with Crippen molar-refractivity contribution in [3.63, 3.8) is 0 Å². The molecule has 0 aromatic heterocycles. The van der Waals surface area contributed by atoms with Gasteiger partial charge in [0, 0.05) is 29.1 Å². The van der Waals surface area contributed by atoms with Gasteiger partial charge in [-0.3, -0.25) is 19.3 Å². The molecular formula is C15H11NO3. The van der Waals surface area contributed by atoms with Gasteiger partial charge >= 0.3 is 0 Å². The topological polar surface area (TPSA) is 54.5 Å². The summed E-state index contributed by atoms with van der Waals surface area (Å²) < 4.78 is 0. The van der Waals surface area contributed by atoms with Crippen molar-refractivity contribution < 1.29 is 14.4 Å². The standard InChI is InChI=1S/C15H11NO3/c1-8(17)9-6-7-12-13-10(9)4-3-5-11(13)14(18)16(2)15(12)19/h3-7H,1-2H3. The van der Waals surface area contributed by atoms with Crippen molar-refractivity contribution in [2.24, 2.45) is 0 Å². The summed E-state index contributed by atoms with van der Waals surface area (Å²) in [6.45, 7) is 1.47. The molecule has 0 atom stereocenters. The SMILES string of the molecule is CC(=O)c1ccc2c3c(cccc13)C(=O)N(C)C2=O. The zero-order valence-corrected chi connectivity index (χ0v) is 10.6. The number of amides is 2. The van der Waals surface area contributed by atoms with Gasteiger partial charge in [0.25, 0.3) is 11.8 Å². The van der Waals surface area contributed by atoms with Crippen molar-refractivity contribution >= 4 is 28.4 Å². The van der Waals surface area contributed by atoms with E-state index in [4.69, 9.17) is 0 Å². The smallest absolute Gasteiger partial charge is 0.261 e. The first kappa shape index (κ1) is 11.6. The molecule has 2 aromatic carbocycles.